The first-order valence-electron chi connectivity index (χ1n) is 3.66. The van der Waals surface area contributed by atoms with E-state index in [2.05, 4.69) is 0 Å². The van der Waals surface area contributed by atoms with Crippen LogP contribution in [0.15, 0.2) is 0 Å². The second kappa shape index (κ2) is 3.69. The van der Waals surface area contributed by atoms with Crippen LogP contribution in [0.4, 0.5) is 0 Å². The maximum atomic E-state index is 10.3. The molecule has 64 valence electrons. The number of hydrogen-bond donors (Lipinski definition) is 1. The third kappa shape index (κ3) is 2.48. The van der Waals surface area contributed by atoms with Crippen molar-refractivity contribution in [2.24, 2.45) is 0 Å². The van der Waals surface area contributed by atoms with Crippen LogP contribution >= 0.6 is 0 Å². The van der Waals surface area contributed by atoms with Crippen molar-refractivity contribution in [3.05, 3.63) is 0 Å². The van der Waals surface area contributed by atoms with Crippen LogP contribution in [0, 0.1) is 0 Å². The molecule has 0 aliphatic carbocycles. The maximum Gasteiger partial charge on any atom is 0.332 e. The van der Waals surface area contributed by atoms with Crippen molar-refractivity contribution in [3.63, 3.8) is 0 Å². The summed E-state index contributed by atoms with van der Waals surface area (Å²) in [6.45, 7) is 2.73. The lowest BCUT2D eigenvalue weighted by Crippen LogP contribution is -2.26. The molecule has 0 spiro atoms. The lowest BCUT2D eigenvalue weighted by molar-refractivity contribution is -0.152. The van der Waals surface area contributed by atoms with Gasteiger partial charge in [-0.1, -0.05) is 0 Å². The molecule has 11 heavy (non-hydrogen) atoms. The molecule has 0 amide bonds. The van der Waals surface area contributed by atoms with Crippen LogP contribution in [-0.2, 0) is 14.3 Å². The molecular formula is C7H12O4. The fourth-order valence-corrected chi connectivity index (χ4v) is 0.967. The van der Waals surface area contributed by atoms with Crippen molar-refractivity contribution in [2.45, 2.75) is 25.6 Å². The zero-order chi connectivity index (χ0) is 8.27. The molecule has 1 unspecified atom stereocenters. The van der Waals surface area contributed by atoms with Crippen LogP contribution in [0.3, 0.4) is 0 Å². The van der Waals surface area contributed by atoms with E-state index < -0.39 is 12.1 Å². The summed E-state index contributed by atoms with van der Waals surface area (Å²) in [6, 6.07) is 0. The van der Waals surface area contributed by atoms with Crippen LogP contribution < -0.4 is 0 Å². The van der Waals surface area contributed by atoms with Gasteiger partial charge in [0.15, 0.2) is 6.10 Å². The van der Waals surface area contributed by atoms with Gasteiger partial charge < -0.3 is 14.6 Å². The standard InChI is InChI=1S/C7H12O4/c1-5(7(8)9)11-6-2-3-10-4-6/h5-6H,2-4H2,1H3,(H,8,9)/t5?,6-/m0/s1. The molecule has 1 N–H and O–H groups in total. The number of ether oxygens (including phenoxy) is 2. The molecule has 0 bridgehead atoms. The number of aliphatic carboxylic acids is 1. The van der Waals surface area contributed by atoms with Gasteiger partial charge in [0.2, 0.25) is 0 Å². The Balaban J connectivity index is 2.23. The summed E-state index contributed by atoms with van der Waals surface area (Å²) in [5.74, 6) is -0.920. The monoisotopic (exact) mass is 160 g/mol. The Morgan fingerprint density at radius 3 is 3.00 bits per heavy atom. The Hall–Kier alpha value is -0.610. The van der Waals surface area contributed by atoms with Crippen molar-refractivity contribution in [2.75, 3.05) is 13.2 Å². The number of rotatable bonds is 3. The van der Waals surface area contributed by atoms with Gasteiger partial charge in [0, 0.05) is 6.61 Å². The highest BCUT2D eigenvalue weighted by atomic mass is 16.6. The van der Waals surface area contributed by atoms with E-state index >= 15 is 0 Å². The van der Waals surface area contributed by atoms with E-state index in [1.165, 1.54) is 6.92 Å². The van der Waals surface area contributed by atoms with Gasteiger partial charge in [-0.15, -0.1) is 0 Å². The van der Waals surface area contributed by atoms with Crippen LogP contribution in [0.25, 0.3) is 0 Å². The van der Waals surface area contributed by atoms with Gasteiger partial charge in [0.25, 0.3) is 0 Å². The van der Waals surface area contributed by atoms with Gasteiger partial charge >= 0.3 is 5.97 Å². The van der Waals surface area contributed by atoms with E-state index in [-0.39, 0.29) is 6.10 Å². The van der Waals surface area contributed by atoms with E-state index in [0.29, 0.717) is 13.2 Å². The summed E-state index contributed by atoms with van der Waals surface area (Å²) in [4.78, 5) is 10.3. The van der Waals surface area contributed by atoms with Gasteiger partial charge in [-0.2, -0.15) is 0 Å². The van der Waals surface area contributed by atoms with Crippen molar-refractivity contribution in [3.8, 4) is 0 Å². The molecule has 1 fully saturated rings. The second-order valence-electron chi connectivity index (χ2n) is 2.60. The minimum Gasteiger partial charge on any atom is -0.479 e. The third-order valence-corrected chi connectivity index (χ3v) is 1.63. The zero-order valence-corrected chi connectivity index (χ0v) is 6.45. The Morgan fingerprint density at radius 2 is 2.55 bits per heavy atom. The van der Waals surface area contributed by atoms with Crippen LogP contribution in [0.1, 0.15) is 13.3 Å². The molecule has 2 atom stereocenters. The second-order valence-corrected chi connectivity index (χ2v) is 2.60. The van der Waals surface area contributed by atoms with Crippen LogP contribution in [0.5, 0.6) is 0 Å². The first-order chi connectivity index (χ1) is 5.20. The summed E-state index contributed by atoms with van der Waals surface area (Å²) in [6.07, 6.45) is 0.0558. The van der Waals surface area contributed by atoms with Crippen LogP contribution in [-0.4, -0.2) is 36.5 Å². The Bertz CT molecular complexity index is 139. The molecule has 4 heteroatoms. The SMILES string of the molecule is CC(O[C@H]1CCOC1)C(=O)O. The van der Waals surface area contributed by atoms with E-state index in [0.717, 1.165) is 6.42 Å². The predicted octanol–water partition coefficient (Wildman–Crippen LogP) is 0.265. The van der Waals surface area contributed by atoms with Gasteiger partial charge in [-0.3, -0.25) is 0 Å². The fraction of sp³-hybridized carbons (Fsp3) is 0.857. The van der Waals surface area contributed by atoms with Crippen molar-refractivity contribution in [1.82, 2.24) is 0 Å². The molecule has 0 radical (unpaired) electrons. The molecule has 0 saturated carbocycles. The molecule has 4 nitrogen and oxygen atoms in total. The minimum absolute atomic E-state index is 0.0268. The van der Waals surface area contributed by atoms with Gasteiger partial charge in [0.05, 0.1) is 12.7 Å². The first kappa shape index (κ1) is 8.49. The summed E-state index contributed by atoms with van der Waals surface area (Å²) in [7, 11) is 0. The Morgan fingerprint density at radius 1 is 1.82 bits per heavy atom. The zero-order valence-electron chi connectivity index (χ0n) is 6.45. The average Bonchev–Trinajstić information content (AvgIpc) is 2.39. The molecule has 0 aromatic rings. The van der Waals surface area contributed by atoms with Crippen LogP contribution in [0.2, 0.25) is 0 Å². The topological polar surface area (TPSA) is 55.8 Å². The van der Waals surface area contributed by atoms with E-state index in [4.69, 9.17) is 14.6 Å². The highest BCUT2D eigenvalue weighted by Crippen LogP contribution is 2.10. The highest BCUT2D eigenvalue weighted by molar-refractivity contribution is 5.71. The summed E-state index contributed by atoms with van der Waals surface area (Å²) >= 11 is 0. The minimum atomic E-state index is -0.920. The normalized spacial score (nSPS) is 26.8. The Labute approximate surface area is 65.1 Å². The summed E-state index contributed by atoms with van der Waals surface area (Å²) < 4.78 is 10.2. The van der Waals surface area contributed by atoms with Crippen molar-refractivity contribution < 1.29 is 19.4 Å². The molecule has 0 aromatic carbocycles. The maximum absolute atomic E-state index is 10.3. The van der Waals surface area contributed by atoms with Gasteiger partial charge in [-0.25, -0.2) is 4.79 Å². The van der Waals surface area contributed by atoms with Crippen molar-refractivity contribution >= 4 is 5.97 Å². The molecule has 1 saturated heterocycles. The lowest BCUT2D eigenvalue weighted by Gasteiger charge is -2.12. The highest BCUT2D eigenvalue weighted by Gasteiger charge is 2.21. The summed E-state index contributed by atoms with van der Waals surface area (Å²) in [5, 5.41) is 8.48. The third-order valence-electron chi connectivity index (χ3n) is 1.63. The molecule has 1 aliphatic rings. The smallest absolute Gasteiger partial charge is 0.332 e. The molecular weight excluding hydrogens is 148 g/mol. The largest absolute Gasteiger partial charge is 0.479 e. The molecule has 0 aromatic heterocycles. The fourth-order valence-electron chi connectivity index (χ4n) is 0.967. The number of hydrogen-bond acceptors (Lipinski definition) is 3. The number of carboxylic acid groups (broad SMARTS) is 1. The van der Waals surface area contributed by atoms with E-state index in [1.54, 1.807) is 0 Å². The van der Waals surface area contributed by atoms with E-state index in [9.17, 15) is 4.79 Å². The number of carboxylic acids is 1. The first-order valence-corrected chi connectivity index (χ1v) is 3.66. The predicted molar refractivity (Wildman–Crippen MR) is 37.4 cm³/mol. The lowest BCUT2D eigenvalue weighted by atomic mass is 10.3. The summed E-state index contributed by atoms with van der Waals surface area (Å²) in [5.41, 5.74) is 0. The van der Waals surface area contributed by atoms with E-state index in [1.807, 2.05) is 0 Å². The quantitative estimate of drug-likeness (QED) is 0.643. The van der Waals surface area contributed by atoms with Crippen molar-refractivity contribution in [1.29, 1.82) is 0 Å². The Kier molecular flexibility index (Phi) is 2.84. The molecule has 1 heterocycles. The average molecular weight is 160 g/mol. The van der Waals surface area contributed by atoms with Gasteiger partial charge in [0.1, 0.15) is 0 Å². The number of carbonyl (C=O) groups is 1. The molecule has 1 rings (SSSR count). The molecule has 1 aliphatic heterocycles. The van der Waals surface area contributed by atoms with Gasteiger partial charge in [-0.05, 0) is 13.3 Å².